The fourth-order valence-electron chi connectivity index (χ4n) is 1.97. The Morgan fingerprint density at radius 2 is 2.04 bits per heavy atom. The van der Waals surface area contributed by atoms with Gasteiger partial charge in [0.1, 0.15) is 0 Å². The zero-order valence-electron chi connectivity index (χ0n) is 12.9. The number of rotatable bonds is 8. The topological polar surface area (TPSA) is 91.0 Å². The van der Waals surface area contributed by atoms with E-state index in [0.29, 0.717) is 6.54 Å². The summed E-state index contributed by atoms with van der Waals surface area (Å²) >= 11 is 0. The van der Waals surface area contributed by atoms with Gasteiger partial charge in [0.2, 0.25) is 0 Å². The lowest BCUT2D eigenvalue weighted by Crippen LogP contribution is -2.38. The predicted molar refractivity (Wildman–Crippen MR) is 86.4 cm³/mol. The van der Waals surface area contributed by atoms with Crippen LogP contribution in [0.2, 0.25) is 0 Å². The Hall–Kier alpha value is -2.21. The van der Waals surface area contributed by atoms with Crippen molar-refractivity contribution in [3.05, 3.63) is 53.9 Å². The highest BCUT2D eigenvalue weighted by Gasteiger charge is 2.16. The van der Waals surface area contributed by atoms with E-state index in [9.17, 15) is 8.42 Å². The highest BCUT2D eigenvalue weighted by molar-refractivity contribution is 7.87. The molecule has 1 N–H and O–H groups in total. The van der Waals surface area contributed by atoms with Crippen molar-refractivity contribution in [2.75, 3.05) is 13.6 Å². The molecule has 0 unspecified atom stereocenters. The molecular weight excluding hydrogens is 314 g/mol. The van der Waals surface area contributed by atoms with E-state index < -0.39 is 10.2 Å². The number of benzene rings is 1. The van der Waals surface area contributed by atoms with Crippen LogP contribution in [0.1, 0.15) is 17.5 Å². The molecule has 0 fully saturated rings. The summed E-state index contributed by atoms with van der Waals surface area (Å²) in [5.74, 6) is 0. The molecule has 2 aromatic rings. The Kier molecular flexibility index (Phi) is 5.87. The van der Waals surface area contributed by atoms with E-state index in [1.807, 2.05) is 42.6 Å². The van der Waals surface area contributed by atoms with E-state index in [1.54, 1.807) is 10.9 Å². The standard InChI is InChI=1S/C15H19N5O2S/c1-19(9-5-8-16)23(21,22)18-11-15-10-17-20(13-15)12-14-6-3-2-4-7-14/h2-4,6-7,10,13,18H,5,9,11-12H2,1H3. The Labute approximate surface area is 136 Å². The maximum Gasteiger partial charge on any atom is 0.279 e. The third-order valence-electron chi connectivity index (χ3n) is 3.28. The van der Waals surface area contributed by atoms with Crippen molar-refractivity contribution in [1.29, 1.82) is 5.26 Å². The summed E-state index contributed by atoms with van der Waals surface area (Å²) in [6, 6.07) is 11.8. The smallest absolute Gasteiger partial charge is 0.268 e. The predicted octanol–water partition coefficient (Wildman–Crippen LogP) is 1.11. The second-order valence-electron chi connectivity index (χ2n) is 5.09. The third kappa shape index (κ3) is 5.17. The van der Waals surface area contributed by atoms with E-state index >= 15 is 0 Å². The molecule has 8 heteroatoms. The first-order chi connectivity index (χ1) is 11.0. The lowest BCUT2D eigenvalue weighted by atomic mass is 10.2. The van der Waals surface area contributed by atoms with Crippen molar-refractivity contribution in [1.82, 2.24) is 18.8 Å². The zero-order chi connectivity index (χ0) is 16.7. The summed E-state index contributed by atoms with van der Waals surface area (Å²) in [7, 11) is -2.14. The van der Waals surface area contributed by atoms with Crippen LogP contribution in [0.3, 0.4) is 0 Å². The van der Waals surface area contributed by atoms with Crippen LogP contribution in [0.4, 0.5) is 0 Å². The van der Waals surface area contributed by atoms with Gasteiger partial charge >= 0.3 is 0 Å². The van der Waals surface area contributed by atoms with Crippen molar-refractivity contribution < 1.29 is 8.42 Å². The summed E-state index contributed by atoms with van der Waals surface area (Å²) in [5.41, 5.74) is 1.90. The van der Waals surface area contributed by atoms with Gasteiger partial charge in [-0.25, -0.2) is 0 Å². The molecule has 0 amide bonds. The molecule has 0 saturated carbocycles. The molecule has 0 radical (unpaired) electrons. The van der Waals surface area contributed by atoms with Gasteiger partial charge < -0.3 is 0 Å². The molecule has 0 aliphatic rings. The quantitative estimate of drug-likeness (QED) is 0.783. The molecule has 0 aliphatic carbocycles. The monoisotopic (exact) mass is 333 g/mol. The number of nitrogens with one attached hydrogen (secondary N) is 1. The van der Waals surface area contributed by atoms with Crippen LogP contribution in [0.25, 0.3) is 0 Å². The van der Waals surface area contributed by atoms with Crippen molar-refractivity contribution in [3.63, 3.8) is 0 Å². The van der Waals surface area contributed by atoms with Crippen molar-refractivity contribution in [2.24, 2.45) is 0 Å². The van der Waals surface area contributed by atoms with E-state index in [4.69, 9.17) is 5.26 Å². The molecule has 7 nitrogen and oxygen atoms in total. The van der Waals surface area contributed by atoms with Crippen molar-refractivity contribution in [2.45, 2.75) is 19.5 Å². The van der Waals surface area contributed by atoms with Gasteiger partial charge in [-0.15, -0.1) is 0 Å². The number of hydrogen-bond acceptors (Lipinski definition) is 4. The minimum Gasteiger partial charge on any atom is -0.268 e. The molecule has 1 heterocycles. The second-order valence-corrected chi connectivity index (χ2v) is 6.95. The lowest BCUT2D eigenvalue weighted by Gasteiger charge is -2.15. The highest BCUT2D eigenvalue weighted by Crippen LogP contribution is 2.05. The van der Waals surface area contributed by atoms with Gasteiger partial charge in [-0.1, -0.05) is 30.3 Å². The van der Waals surface area contributed by atoms with Crippen LogP contribution in [0.5, 0.6) is 0 Å². The molecule has 23 heavy (non-hydrogen) atoms. The molecule has 0 spiro atoms. The maximum atomic E-state index is 12.0. The van der Waals surface area contributed by atoms with Crippen LogP contribution >= 0.6 is 0 Å². The van der Waals surface area contributed by atoms with E-state index in [-0.39, 0.29) is 19.5 Å². The maximum absolute atomic E-state index is 12.0. The minimum atomic E-state index is -3.59. The molecule has 0 saturated heterocycles. The molecule has 0 atom stereocenters. The Bertz CT molecular complexity index is 765. The normalized spacial score (nSPS) is 11.5. The molecule has 0 aliphatic heterocycles. The third-order valence-corrected chi connectivity index (χ3v) is 4.79. The molecule has 1 aromatic carbocycles. The van der Waals surface area contributed by atoms with Crippen LogP contribution in [-0.4, -0.2) is 36.1 Å². The number of nitriles is 1. The van der Waals surface area contributed by atoms with Crippen molar-refractivity contribution in [3.8, 4) is 6.07 Å². The van der Waals surface area contributed by atoms with Gasteiger partial charge in [0, 0.05) is 38.3 Å². The Morgan fingerprint density at radius 3 is 2.74 bits per heavy atom. The fourth-order valence-corrected chi connectivity index (χ4v) is 2.87. The molecule has 1 aromatic heterocycles. The highest BCUT2D eigenvalue weighted by atomic mass is 32.2. The summed E-state index contributed by atoms with van der Waals surface area (Å²) in [6.07, 6.45) is 3.61. The first kappa shape index (κ1) is 17.1. The molecule has 122 valence electrons. The summed E-state index contributed by atoms with van der Waals surface area (Å²) < 4.78 is 29.4. The van der Waals surface area contributed by atoms with E-state index in [0.717, 1.165) is 15.4 Å². The molecule has 0 bridgehead atoms. The van der Waals surface area contributed by atoms with Crippen LogP contribution < -0.4 is 4.72 Å². The number of nitrogens with zero attached hydrogens (tertiary/aromatic N) is 4. The largest absolute Gasteiger partial charge is 0.279 e. The summed E-state index contributed by atoms with van der Waals surface area (Å²) in [5, 5.41) is 12.7. The van der Waals surface area contributed by atoms with Gasteiger partial charge in [-0.2, -0.15) is 27.8 Å². The van der Waals surface area contributed by atoms with Gasteiger partial charge in [0.25, 0.3) is 10.2 Å². The van der Waals surface area contributed by atoms with E-state index in [1.165, 1.54) is 7.05 Å². The van der Waals surface area contributed by atoms with Gasteiger partial charge in [0.05, 0.1) is 18.8 Å². The second kappa shape index (κ2) is 7.87. The van der Waals surface area contributed by atoms with Gasteiger partial charge in [-0.3, -0.25) is 4.68 Å². The summed E-state index contributed by atoms with van der Waals surface area (Å²) in [4.78, 5) is 0. The summed E-state index contributed by atoms with van der Waals surface area (Å²) in [6.45, 7) is 0.961. The van der Waals surface area contributed by atoms with Crippen LogP contribution in [0, 0.1) is 11.3 Å². The first-order valence-electron chi connectivity index (χ1n) is 7.14. The van der Waals surface area contributed by atoms with Gasteiger partial charge in [-0.05, 0) is 5.56 Å². The van der Waals surface area contributed by atoms with Crippen LogP contribution in [0.15, 0.2) is 42.7 Å². The number of aromatic nitrogens is 2. The molecule has 2 rings (SSSR count). The minimum absolute atomic E-state index is 0.159. The van der Waals surface area contributed by atoms with Gasteiger partial charge in [0.15, 0.2) is 0 Å². The van der Waals surface area contributed by atoms with E-state index in [2.05, 4.69) is 9.82 Å². The first-order valence-corrected chi connectivity index (χ1v) is 8.58. The fraction of sp³-hybridized carbons (Fsp3) is 0.333. The lowest BCUT2D eigenvalue weighted by molar-refractivity contribution is 0.464. The molecular formula is C15H19N5O2S. The Balaban J connectivity index is 1.91. The van der Waals surface area contributed by atoms with Crippen LogP contribution in [-0.2, 0) is 23.3 Å². The number of hydrogen-bond donors (Lipinski definition) is 1. The zero-order valence-corrected chi connectivity index (χ0v) is 13.7. The van der Waals surface area contributed by atoms with Crippen molar-refractivity contribution >= 4 is 10.2 Å². The average molecular weight is 333 g/mol. The SMILES string of the molecule is CN(CCC#N)S(=O)(=O)NCc1cnn(Cc2ccccc2)c1. The Morgan fingerprint density at radius 1 is 1.30 bits per heavy atom. The average Bonchev–Trinajstić information content (AvgIpc) is 2.99.